The largest absolute Gasteiger partial charge is 0.367 e. The van der Waals surface area contributed by atoms with E-state index >= 15 is 0 Å². The van der Waals surface area contributed by atoms with Gasteiger partial charge in [-0.2, -0.15) is 0 Å². The molecule has 1 aliphatic rings. The molecule has 0 bridgehead atoms. The molecule has 2 rings (SSSR count). The maximum absolute atomic E-state index is 12.0. The van der Waals surface area contributed by atoms with E-state index in [4.69, 9.17) is 4.74 Å². The van der Waals surface area contributed by atoms with Crippen LogP contribution in [0.1, 0.15) is 18.9 Å². The molecule has 19 heavy (non-hydrogen) atoms. The first-order chi connectivity index (χ1) is 9.20. The summed E-state index contributed by atoms with van der Waals surface area (Å²) in [7, 11) is 0. The Kier molecular flexibility index (Phi) is 5.07. The average molecular weight is 263 g/mol. The van der Waals surface area contributed by atoms with Gasteiger partial charge >= 0.3 is 0 Å². The fourth-order valence-electron chi connectivity index (χ4n) is 2.46. The molecule has 0 amide bonds. The summed E-state index contributed by atoms with van der Waals surface area (Å²) in [5.41, 5.74) is 1.21. The first kappa shape index (κ1) is 14.2. The zero-order valence-electron chi connectivity index (χ0n) is 11.3. The molecule has 104 valence electrons. The minimum absolute atomic E-state index is 0.0723. The van der Waals surface area contributed by atoms with Crippen LogP contribution in [-0.2, 0) is 16.1 Å². The molecule has 1 saturated heterocycles. The van der Waals surface area contributed by atoms with E-state index in [0.29, 0.717) is 19.6 Å². The van der Waals surface area contributed by atoms with E-state index in [1.165, 1.54) is 5.56 Å². The van der Waals surface area contributed by atoms with Gasteiger partial charge in [-0.1, -0.05) is 30.3 Å². The SMILES string of the molecule is CCOC(O)C1CCN(Cc2ccccc2)CC1=O. The van der Waals surface area contributed by atoms with Gasteiger partial charge in [0, 0.05) is 13.2 Å². The molecule has 2 unspecified atom stereocenters. The summed E-state index contributed by atoms with van der Waals surface area (Å²) >= 11 is 0. The molecule has 2 atom stereocenters. The number of piperidine rings is 1. The highest BCUT2D eigenvalue weighted by atomic mass is 16.6. The van der Waals surface area contributed by atoms with E-state index in [9.17, 15) is 9.90 Å². The highest BCUT2D eigenvalue weighted by Gasteiger charge is 2.32. The van der Waals surface area contributed by atoms with Crippen molar-refractivity contribution in [3.8, 4) is 0 Å². The van der Waals surface area contributed by atoms with Gasteiger partial charge in [0.25, 0.3) is 0 Å². The van der Waals surface area contributed by atoms with Crippen molar-refractivity contribution in [2.75, 3.05) is 19.7 Å². The molecule has 4 heteroatoms. The van der Waals surface area contributed by atoms with Crippen LogP contribution in [0.25, 0.3) is 0 Å². The number of carbonyl (C=O) groups excluding carboxylic acids is 1. The number of nitrogens with zero attached hydrogens (tertiary/aromatic N) is 1. The number of rotatable bonds is 5. The minimum atomic E-state index is -0.948. The molecule has 0 aromatic heterocycles. The Balaban J connectivity index is 1.88. The van der Waals surface area contributed by atoms with Crippen LogP contribution in [0.15, 0.2) is 30.3 Å². The lowest BCUT2D eigenvalue weighted by Gasteiger charge is -2.32. The molecule has 1 heterocycles. The van der Waals surface area contributed by atoms with Crippen molar-refractivity contribution < 1.29 is 14.6 Å². The highest BCUT2D eigenvalue weighted by Crippen LogP contribution is 2.20. The molecule has 4 nitrogen and oxygen atoms in total. The average Bonchev–Trinajstić information content (AvgIpc) is 2.40. The Morgan fingerprint density at radius 2 is 2.16 bits per heavy atom. The molecule has 0 saturated carbocycles. The second-order valence-corrected chi connectivity index (χ2v) is 4.90. The summed E-state index contributed by atoms with van der Waals surface area (Å²) in [4.78, 5) is 14.1. The van der Waals surface area contributed by atoms with Crippen molar-refractivity contribution >= 4 is 5.78 Å². The Hall–Kier alpha value is -1.23. The van der Waals surface area contributed by atoms with E-state index < -0.39 is 6.29 Å². The lowest BCUT2D eigenvalue weighted by molar-refractivity contribution is -0.160. The zero-order chi connectivity index (χ0) is 13.7. The third kappa shape index (κ3) is 3.86. The fourth-order valence-corrected chi connectivity index (χ4v) is 2.46. The van der Waals surface area contributed by atoms with Crippen LogP contribution in [0.2, 0.25) is 0 Å². The molecule has 1 N–H and O–H groups in total. The van der Waals surface area contributed by atoms with Crippen molar-refractivity contribution in [3.05, 3.63) is 35.9 Å². The van der Waals surface area contributed by atoms with Gasteiger partial charge in [0.15, 0.2) is 12.1 Å². The van der Waals surface area contributed by atoms with Crippen molar-refractivity contribution in [2.24, 2.45) is 5.92 Å². The smallest absolute Gasteiger partial charge is 0.164 e. The Morgan fingerprint density at radius 1 is 1.42 bits per heavy atom. The summed E-state index contributed by atoms with van der Waals surface area (Å²) in [6.07, 6.45) is -0.288. The van der Waals surface area contributed by atoms with Crippen molar-refractivity contribution in [3.63, 3.8) is 0 Å². The van der Waals surface area contributed by atoms with E-state index in [0.717, 1.165) is 13.1 Å². The van der Waals surface area contributed by atoms with Crippen LogP contribution in [0.4, 0.5) is 0 Å². The number of likely N-dealkylation sites (tertiary alicyclic amines) is 1. The van der Waals surface area contributed by atoms with E-state index in [2.05, 4.69) is 17.0 Å². The van der Waals surface area contributed by atoms with E-state index in [1.807, 2.05) is 25.1 Å². The quantitative estimate of drug-likeness (QED) is 0.817. The minimum Gasteiger partial charge on any atom is -0.367 e. The monoisotopic (exact) mass is 263 g/mol. The summed E-state index contributed by atoms with van der Waals surface area (Å²) in [6, 6.07) is 10.1. The number of ketones is 1. The number of aliphatic hydroxyl groups excluding tert-OH is 1. The van der Waals surface area contributed by atoms with Crippen LogP contribution in [0.3, 0.4) is 0 Å². The second-order valence-electron chi connectivity index (χ2n) is 4.90. The van der Waals surface area contributed by atoms with Crippen LogP contribution < -0.4 is 0 Å². The number of Topliss-reactive ketones (excluding diaryl/α,β-unsaturated/α-hetero) is 1. The predicted molar refractivity (Wildman–Crippen MR) is 72.5 cm³/mol. The summed E-state index contributed by atoms with van der Waals surface area (Å²) < 4.78 is 5.12. The summed E-state index contributed by atoms with van der Waals surface area (Å²) in [5, 5.41) is 9.76. The van der Waals surface area contributed by atoms with Gasteiger partial charge in [0.1, 0.15) is 0 Å². The molecule has 1 aromatic carbocycles. The molecule has 0 aliphatic carbocycles. The Bertz CT molecular complexity index is 407. The first-order valence-corrected chi connectivity index (χ1v) is 6.79. The topological polar surface area (TPSA) is 49.8 Å². The fraction of sp³-hybridized carbons (Fsp3) is 0.533. The predicted octanol–water partition coefficient (Wildman–Crippen LogP) is 1.43. The zero-order valence-corrected chi connectivity index (χ0v) is 11.3. The lowest BCUT2D eigenvalue weighted by atomic mass is 9.94. The number of ether oxygens (including phenoxy) is 1. The number of carbonyl (C=O) groups is 1. The molecular weight excluding hydrogens is 242 g/mol. The third-order valence-corrected chi connectivity index (χ3v) is 3.48. The first-order valence-electron chi connectivity index (χ1n) is 6.79. The van der Waals surface area contributed by atoms with Crippen LogP contribution in [-0.4, -0.2) is 41.8 Å². The third-order valence-electron chi connectivity index (χ3n) is 3.48. The molecule has 0 spiro atoms. The maximum atomic E-state index is 12.0. The van der Waals surface area contributed by atoms with Crippen molar-refractivity contribution in [1.29, 1.82) is 0 Å². The summed E-state index contributed by atoms with van der Waals surface area (Å²) in [5.74, 6) is -0.296. The number of benzene rings is 1. The van der Waals surface area contributed by atoms with Gasteiger partial charge in [0.05, 0.1) is 12.5 Å². The Morgan fingerprint density at radius 3 is 2.79 bits per heavy atom. The van der Waals surface area contributed by atoms with Crippen LogP contribution >= 0.6 is 0 Å². The van der Waals surface area contributed by atoms with Gasteiger partial charge in [0.2, 0.25) is 0 Å². The van der Waals surface area contributed by atoms with Gasteiger partial charge < -0.3 is 9.84 Å². The van der Waals surface area contributed by atoms with Gasteiger partial charge in [-0.05, 0) is 25.5 Å². The standard InChI is InChI=1S/C15H21NO3/c1-2-19-15(18)13-8-9-16(11-14(13)17)10-12-6-4-3-5-7-12/h3-7,13,15,18H,2,8-11H2,1H3. The van der Waals surface area contributed by atoms with E-state index in [-0.39, 0.29) is 11.7 Å². The molecule has 1 aliphatic heterocycles. The number of aliphatic hydroxyl groups is 1. The number of hydrogen-bond acceptors (Lipinski definition) is 4. The molecule has 0 radical (unpaired) electrons. The molecule has 1 aromatic rings. The second kappa shape index (κ2) is 6.80. The maximum Gasteiger partial charge on any atom is 0.164 e. The summed E-state index contributed by atoms with van der Waals surface area (Å²) in [6.45, 7) is 4.24. The van der Waals surface area contributed by atoms with Crippen molar-refractivity contribution in [2.45, 2.75) is 26.2 Å². The van der Waals surface area contributed by atoms with Gasteiger partial charge in [-0.25, -0.2) is 0 Å². The highest BCUT2D eigenvalue weighted by molar-refractivity contribution is 5.84. The van der Waals surface area contributed by atoms with Crippen molar-refractivity contribution in [1.82, 2.24) is 4.90 Å². The van der Waals surface area contributed by atoms with Gasteiger partial charge in [-0.3, -0.25) is 9.69 Å². The van der Waals surface area contributed by atoms with E-state index in [1.54, 1.807) is 0 Å². The Labute approximate surface area is 114 Å². The molecular formula is C15H21NO3. The van der Waals surface area contributed by atoms with Gasteiger partial charge in [-0.15, -0.1) is 0 Å². The normalized spacial score (nSPS) is 22.4. The molecule has 1 fully saturated rings. The lowest BCUT2D eigenvalue weighted by Crippen LogP contribution is -2.45. The van der Waals surface area contributed by atoms with Crippen LogP contribution in [0, 0.1) is 5.92 Å². The van der Waals surface area contributed by atoms with Crippen LogP contribution in [0.5, 0.6) is 0 Å². The number of hydrogen-bond donors (Lipinski definition) is 1.